The average molecular weight is 259 g/mol. The second kappa shape index (κ2) is 6.48. The van der Waals surface area contributed by atoms with Gasteiger partial charge < -0.3 is 5.73 Å². The zero-order chi connectivity index (χ0) is 13.7. The summed E-state index contributed by atoms with van der Waals surface area (Å²) >= 11 is 0. The van der Waals surface area contributed by atoms with Gasteiger partial charge in [0.25, 0.3) is 5.56 Å². The van der Waals surface area contributed by atoms with E-state index in [1.54, 1.807) is 4.57 Å². The van der Waals surface area contributed by atoms with E-state index in [1.807, 2.05) is 24.3 Å². The summed E-state index contributed by atoms with van der Waals surface area (Å²) in [6.45, 7) is 3.39. The molecule has 102 valence electrons. The van der Waals surface area contributed by atoms with Crippen molar-refractivity contribution < 1.29 is 0 Å². The van der Waals surface area contributed by atoms with E-state index in [9.17, 15) is 4.79 Å². The lowest BCUT2D eigenvalue weighted by atomic mass is 10.2. The summed E-state index contributed by atoms with van der Waals surface area (Å²) in [5.41, 5.74) is 6.41. The van der Waals surface area contributed by atoms with Crippen LogP contribution in [0, 0.1) is 0 Å². The number of hydrogen-bond donors (Lipinski definition) is 1. The highest BCUT2D eigenvalue weighted by Crippen LogP contribution is 2.10. The van der Waals surface area contributed by atoms with Crippen LogP contribution in [0.3, 0.4) is 0 Å². The summed E-state index contributed by atoms with van der Waals surface area (Å²) < 4.78 is 1.80. The highest BCUT2D eigenvalue weighted by atomic mass is 16.1. The number of nitrogens with two attached hydrogens (primary N) is 1. The van der Waals surface area contributed by atoms with Crippen LogP contribution in [0.25, 0.3) is 10.9 Å². The van der Waals surface area contributed by atoms with Crippen molar-refractivity contribution in [2.24, 2.45) is 5.73 Å². The van der Waals surface area contributed by atoms with E-state index >= 15 is 0 Å². The van der Waals surface area contributed by atoms with E-state index in [-0.39, 0.29) is 5.56 Å². The van der Waals surface area contributed by atoms with E-state index in [0.29, 0.717) is 18.5 Å². The Kier molecular flexibility index (Phi) is 4.68. The topological polar surface area (TPSA) is 60.9 Å². The van der Waals surface area contributed by atoms with Crippen LogP contribution in [0.5, 0.6) is 0 Å². The molecule has 0 unspecified atom stereocenters. The Balaban J connectivity index is 2.52. The minimum absolute atomic E-state index is 0.0603. The largest absolute Gasteiger partial charge is 0.330 e. The third-order valence-corrected chi connectivity index (χ3v) is 3.28. The average Bonchev–Trinajstić information content (AvgIpc) is 2.44. The van der Waals surface area contributed by atoms with Gasteiger partial charge in [0.2, 0.25) is 0 Å². The first kappa shape index (κ1) is 13.7. The molecule has 19 heavy (non-hydrogen) atoms. The van der Waals surface area contributed by atoms with Gasteiger partial charge in [0.05, 0.1) is 10.9 Å². The van der Waals surface area contributed by atoms with Crippen molar-refractivity contribution in [3.8, 4) is 0 Å². The number of unbranched alkanes of at least 4 members (excludes halogenated alkanes) is 1. The van der Waals surface area contributed by atoms with Crippen LogP contribution in [0.2, 0.25) is 0 Å². The molecule has 0 saturated carbocycles. The van der Waals surface area contributed by atoms with E-state index in [0.717, 1.165) is 37.0 Å². The second-order valence-corrected chi connectivity index (χ2v) is 4.75. The molecule has 0 radical (unpaired) electrons. The highest BCUT2D eigenvalue weighted by molar-refractivity contribution is 5.77. The third-order valence-electron chi connectivity index (χ3n) is 3.28. The maximum Gasteiger partial charge on any atom is 0.261 e. The Labute approximate surface area is 113 Å². The Morgan fingerprint density at radius 3 is 2.79 bits per heavy atom. The van der Waals surface area contributed by atoms with Crippen molar-refractivity contribution in [1.29, 1.82) is 0 Å². The summed E-state index contributed by atoms with van der Waals surface area (Å²) in [5, 5.41) is 0.694. The van der Waals surface area contributed by atoms with E-state index in [4.69, 9.17) is 5.73 Å². The van der Waals surface area contributed by atoms with Crippen LogP contribution in [0.15, 0.2) is 29.1 Å². The lowest BCUT2D eigenvalue weighted by Crippen LogP contribution is -2.26. The molecule has 0 spiro atoms. The number of hydrogen-bond acceptors (Lipinski definition) is 3. The lowest BCUT2D eigenvalue weighted by molar-refractivity contribution is 0.577. The molecule has 4 nitrogen and oxygen atoms in total. The molecular formula is C15H21N3O. The van der Waals surface area contributed by atoms with Crippen LogP contribution in [-0.2, 0) is 13.0 Å². The first-order valence-electron chi connectivity index (χ1n) is 6.96. The fraction of sp³-hybridized carbons (Fsp3) is 0.467. The van der Waals surface area contributed by atoms with Crippen molar-refractivity contribution in [3.05, 3.63) is 40.4 Å². The summed E-state index contributed by atoms with van der Waals surface area (Å²) in [5.74, 6) is 0.888. The zero-order valence-electron chi connectivity index (χ0n) is 11.4. The van der Waals surface area contributed by atoms with Gasteiger partial charge in [0, 0.05) is 13.0 Å². The molecule has 4 heteroatoms. The third kappa shape index (κ3) is 3.01. The van der Waals surface area contributed by atoms with Crippen molar-refractivity contribution in [3.63, 3.8) is 0 Å². The van der Waals surface area contributed by atoms with Crippen LogP contribution in [-0.4, -0.2) is 16.1 Å². The molecule has 2 N–H and O–H groups in total. The normalized spacial score (nSPS) is 11.1. The minimum atomic E-state index is 0.0603. The van der Waals surface area contributed by atoms with Gasteiger partial charge in [-0.2, -0.15) is 0 Å². The van der Waals surface area contributed by atoms with Crippen LogP contribution < -0.4 is 11.3 Å². The highest BCUT2D eigenvalue weighted by Gasteiger charge is 2.09. The molecule has 2 rings (SSSR count). The number of para-hydroxylation sites is 1. The van der Waals surface area contributed by atoms with Crippen LogP contribution >= 0.6 is 0 Å². The Morgan fingerprint density at radius 1 is 1.26 bits per heavy atom. The van der Waals surface area contributed by atoms with Crippen LogP contribution in [0.1, 0.15) is 32.0 Å². The Bertz CT molecular complexity index is 604. The number of benzene rings is 1. The van der Waals surface area contributed by atoms with Crippen molar-refractivity contribution in [1.82, 2.24) is 9.55 Å². The molecule has 0 amide bonds. The summed E-state index contributed by atoms with van der Waals surface area (Å²) in [6.07, 6.45) is 3.80. The minimum Gasteiger partial charge on any atom is -0.330 e. The van der Waals surface area contributed by atoms with E-state index in [2.05, 4.69) is 11.9 Å². The van der Waals surface area contributed by atoms with Gasteiger partial charge in [-0.1, -0.05) is 25.5 Å². The van der Waals surface area contributed by atoms with Crippen molar-refractivity contribution in [2.45, 2.75) is 39.2 Å². The molecule has 1 aromatic heterocycles. The predicted molar refractivity (Wildman–Crippen MR) is 78.3 cm³/mol. The lowest BCUT2D eigenvalue weighted by Gasteiger charge is -2.12. The van der Waals surface area contributed by atoms with Gasteiger partial charge in [0.1, 0.15) is 5.82 Å². The molecule has 0 aliphatic rings. The fourth-order valence-corrected chi connectivity index (χ4v) is 2.22. The smallest absolute Gasteiger partial charge is 0.261 e. The molecule has 0 aliphatic carbocycles. The summed E-state index contributed by atoms with van der Waals surface area (Å²) in [7, 11) is 0. The van der Waals surface area contributed by atoms with Gasteiger partial charge in [-0.05, 0) is 31.5 Å². The number of aromatic nitrogens is 2. The van der Waals surface area contributed by atoms with Crippen molar-refractivity contribution >= 4 is 10.9 Å². The second-order valence-electron chi connectivity index (χ2n) is 4.75. The van der Waals surface area contributed by atoms with E-state index in [1.165, 1.54) is 0 Å². The molecule has 2 aromatic rings. The Hall–Kier alpha value is -1.68. The van der Waals surface area contributed by atoms with Crippen molar-refractivity contribution in [2.75, 3.05) is 6.54 Å². The molecule has 1 aromatic carbocycles. The molecule has 0 aliphatic heterocycles. The number of rotatable bonds is 6. The quantitative estimate of drug-likeness (QED) is 0.864. The van der Waals surface area contributed by atoms with Crippen LogP contribution in [0.4, 0.5) is 0 Å². The molecule has 0 bridgehead atoms. The van der Waals surface area contributed by atoms with Gasteiger partial charge in [0.15, 0.2) is 0 Å². The molecule has 0 saturated heterocycles. The standard InChI is InChI=1S/C15H21N3O/c1-2-3-9-14-17-13-8-5-4-7-12(13)15(19)18(14)11-6-10-16/h4-5,7-8H,2-3,6,9-11,16H2,1H3. The predicted octanol–water partition coefficient (Wildman–Crippen LogP) is 2.09. The van der Waals surface area contributed by atoms with Gasteiger partial charge in [-0.25, -0.2) is 4.98 Å². The SMILES string of the molecule is CCCCc1nc2ccccc2c(=O)n1CCCN. The fourth-order valence-electron chi connectivity index (χ4n) is 2.22. The first-order chi connectivity index (χ1) is 9.27. The maximum atomic E-state index is 12.5. The van der Waals surface area contributed by atoms with Gasteiger partial charge in [-0.3, -0.25) is 9.36 Å². The van der Waals surface area contributed by atoms with Gasteiger partial charge >= 0.3 is 0 Å². The molecule has 0 atom stereocenters. The molecule has 1 heterocycles. The first-order valence-corrected chi connectivity index (χ1v) is 6.96. The molecule has 0 fully saturated rings. The number of aryl methyl sites for hydroxylation is 1. The number of nitrogens with zero attached hydrogens (tertiary/aromatic N) is 2. The van der Waals surface area contributed by atoms with Gasteiger partial charge in [-0.15, -0.1) is 0 Å². The number of fused-ring (bicyclic) bond motifs is 1. The summed E-state index contributed by atoms with van der Waals surface area (Å²) in [4.78, 5) is 17.1. The van der Waals surface area contributed by atoms with E-state index < -0.39 is 0 Å². The maximum absolute atomic E-state index is 12.5. The monoisotopic (exact) mass is 259 g/mol. The zero-order valence-corrected chi connectivity index (χ0v) is 11.4. The summed E-state index contributed by atoms with van der Waals surface area (Å²) in [6, 6.07) is 7.54. The Morgan fingerprint density at radius 2 is 2.05 bits per heavy atom. The molecular weight excluding hydrogens is 238 g/mol.